The molecule has 2 aromatic heterocycles. The fraction of sp³-hybridized carbons (Fsp3) is 0.278. The minimum atomic E-state index is 0.444. The van der Waals surface area contributed by atoms with Crippen LogP contribution < -0.4 is 14.8 Å². The number of fused-ring (bicyclic) bond motifs is 1. The van der Waals surface area contributed by atoms with E-state index in [-0.39, 0.29) is 0 Å². The summed E-state index contributed by atoms with van der Waals surface area (Å²) in [4.78, 5) is 8.68. The van der Waals surface area contributed by atoms with E-state index < -0.39 is 0 Å². The number of hydrogen-bond donors (Lipinski definition) is 1. The van der Waals surface area contributed by atoms with E-state index in [1.807, 2.05) is 30.3 Å². The third-order valence-corrected chi connectivity index (χ3v) is 3.87. The van der Waals surface area contributed by atoms with Gasteiger partial charge in [-0.3, -0.25) is 0 Å². The molecule has 1 aliphatic rings. The number of nitrogens with zero attached hydrogens (tertiary/aromatic N) is 3. The van der Waals surface area contributed by atoms with Crippen LogP contribution in [0.25, 0.3) is 11.5 Å². The van der Waals surface area contributed by atoms with Gasteiger partial charge in [-0.2, -0.15) is 4.98 Å². The Labute approximate surface area is 145 Å². The molecule has 3 heterocycles. The summed E-state index contributed by atoms with van der Waals surface area (Å²) in [5.41, 5.74) is 1.78. The third-order valence-electron chi connectivity index (χ3n) is 3.87. The Morgan fingerprint density at radius 3 is 2.92 bits per heavy atom. The molecule has 0 atom stereocenters. The summed E-state index contributed by atoms with van der Waals surface area (Å²) in [6, 6.07) is 9.64. The van der Waals surface area contributed by atoms with Crippen LogP contribution in [-0.2, 0) is 6.54 Å². The lowest BCUT2D eigenvalue weighted by Crippen LogP contribution is -2.05. The van der Waals surface area contributed by atoms with E-state index in [2.05, 4.69) is 20.4 Å². The number of anilines is 1. The highest BCUT2D eigenvalue weighted by atomic mass is 16.5. The molecular formula is C18H18N4O3. The van der Waals surface area contributed by atoms with Crippen LogP contribution in [0.15, 0.2) is 41.1 Å². The summed E-state index contributed by atoms with van der Waals surface area (Å²) < 4.78 is 16.9. The van der Waals surface area contributed by atoms with Gasteiger partial charge in [0.1, 0.15) is 5.82 Å². The molecule has 0 spiro atoms. The van der Waals surface area contributed by atoms with Crippen molar-refractivity contribution in [3.8, 4) is 23.0 Å². The van der Waals surface area contributed by atoms with Gasteiger partial charge in [-0.05, 0) is 25.1 Å². The average molecular weight is 338 g/mol. The van der Waals surface area contributed by atoms with Crippen molar-refractivity contribution in [3.05, 3.63) is 47.9 Å². The molecule has 0 bridgehead atoms. The first-order valence-electron chi connectivity index (χ1n) is 8.18. The molecule has 25 heavy (non-hydrogen) atoms. The molecule has 4 rings (SSSR count). The summed E-state index contributed by atoms with van der Waals surface area (Å²) >= 11 is 0. The van der Waals surface area contributed by atoms with Crippen molar-refractivity contribution in [3.63, 3.8) is 0 Å². The van der Waals surface area contributed by atoms with E-state index in [4.69, 9.17) is 14.0 Å². The Balaban J connectivity index is 1.59. The normalized spacial score (nSPS) is 13.3. The van der Waals surface area contributed by atoms with Crippen LogP contribution >= 0.6 is 0 Å². The first kappa shape index (κ1) is 15.4. The van der Waals surface area contributed by atoms with Crippen LogP contribution in [0, 0.1) is 6.92 Å². The molecule has 3 aromatic rings. The second-order valence-electron chi connectivity index (χ2n) is 5.69. The fourth-order valence-electron chi connectivity index (χ4n) is 2.70. The van der Waals surface area contributed by atoms with Crippen LogP contribution in [0.3, 0.4) is 0 Å². The number of ether oxygens (including phenoxy) is 2. The molecule has 1 aromatic carbocycles. The highest BCUT2D eigenvalue weighted by Crippen LogP contribution is 2.34. The summed E-state index contributed by atoms with van der Waals surface area (Å²) in [6.07, 6.45) is 2.60. The van der Waals surface area contributed by atoms with Gasteiger partial charge in [-0.1, -0.05) is 17.3 Å². The summed E-state index contributed by atoms with van der Waals surface area (Å²) in [7, 11) is 0. The van der Waals surface area contributed by atoms with Crippen molar-refractivity contribution >= 4 is 5.82 Å². The number of para-hydroxylation sites is 1. The van der Waals surface area contributed by atoms with Gasteiger partial charge in [0, 0.05) is 24.7 Å². The van der Waals surface area contributed by atoms with Crippen molar-refractivity contribution in [1.29, 1.82) is 0 Å². The van der Waals surface area contributed by atoms with Gasteiger partial charge in [-0.25, -0.2) is 4.98 Å². The Morgan fingerprint density at radius 2 is 2.04 bits per heavy atom. The number of pyridine rings is 1. The topological polar surface area (TPSA) is 82.3 Å². The second-order valence-corrected chi connectivity index (χ2v) is 5.69. The van der Waals surface area contributed by atoms with E-state index in [0.717, 1.165) is 29.0 Å². The first-order chi connectivity index (χ1) is 12.3. The van der Waals surface area contributed by atoms with Crippen molar-refractivity contribution in [1.82, 2.24) is 15.1 Å². The number of aryl methyl sites for hydroxylation is 1. The van der Waals surface area contributed by atoms with Crippen LogP contribution in [0.5, 0.6) is 11.5 Å². The van der Waals surface area contributed by atoms with Gasteiger partial charge >= 0.3 is 0 Å². The van der Waals surface area contributed by atoms with Gasteiger partial charge in [0.15, 0.2) is 17.3 Å². The highest BCUT2D eigenvalue weighted by molar-refractivity contribution is 5.68. The van der Waals surface area contributed by atoms with Crippen LogP contribution in [-0.4, -0.2) is 28.3 Å². The SMILES string of the molecule is Cc1noc(-c2cccnc2NCc2cccc3c2OCCCO3)n1. The number of rotatable bonds is 4. The maximum Gasteiger partial charge on any atom is 0.261 e. The zero-order valence-corrected chi connectivity index (χ0v) is 13.9. The number of hydrogen-bond acceptors (Lipinski definition) is 7. The molecule has 7 nitrogen and oxygen atoms in total. The molecule has 0 radical (unpaired) electrons. The predicted octanol–water partition coefficient (Wildman–Crippen LogP) is 3.21. The Kier molecular flexibility index (Phi) is 4.20. The summed E-state index contributed by atoms with van der Waals surface area (Å²) in [5, 5.41) is 7.18. The van der Waals surface area contributed by atoms with Crippen molar-refractivity contribution in [2.45, 2.75) is 19.9 Å². The lowest BCUT2D eigenvalue weighted by molar-refractivity contribution is 0.296. The molecular weight excluding hydrogens is 320 g/mol. The molecule has 0 saturated heterocycles. The minimum Gasteiger partial charge on any atom is -0.490 e. The smallest absolute Gasteiger partial charge is 0.261 e. The molecule has 0 fully saturated rings. The van der Waals surface area contributed by atoms with Gasteiger partial charge < -0.3 is 19.3 Å². The molecule has 128 valence electrons. The average Bonchev–Trinajstić information content (AvgIpc) is 2.92. The largest absolute Gasteiger partial charge is 0.490 e. The van der Waals surface area contributed by atoms with Crippen molar-refractivity contribution < 1.29 is 14.0 Å². The van der Waals surface area contributed by atoms with Crippen LogP contribution in [0.4, 0.5) is 5.82 Å². The maximum absolute atomic E-state index is 5.86. The molecule has 7 heteroatoms. The monoisotopic (exact) mass is 338 g/mol. The van der Waals surface area contributed by atoms with E-state index in [0.29, 0.717) is 37.3 Å². The lowest BCUT2D eigenvalue weighted by Gasteiger charge is -2.14. The van der Waals surface area contributed by atoms with Gasteiger partial charge in [0.05, 0.1) is 18.8 Å². The molecule has 1 aliphatic heterocycles. The predicted molar refractivity (Wildman–Crippen MR) is 91.6 cm³/mol. The van der Waals surface area contributed by atoms with E-state index in [1.54, 1.807) is 13.1 Å². The van der Waals surface area contributed by atoms with Gasteiger partial charge in [0.25, 0.3) is 5.89 Å². The van der Waals surface area contributed by atoms with Gasteiger partial charge in [0.2, 0.25) is 0 Å². The minimum absolute atomic E-state index is 0.444. The maximum atomic E-state index is 5.86. The molecule has 0 amide bonds. The third kappa shape index (κ3) is 3.26. The highest BCUT2D eigenvalue weighted by Gasteiger charge is 2.16. The standard InChI is InChI=1S/C18H18N4O3/c1-12-21-18(25-22-12)14-6-3-8-19-17(14)20-11-13-5-2-7-15-16(13)24-10-4-9-23-15/h2-3,5-8H,4,9-11H2,1H3,(H,19,20). The first-order valence-corrected chi connectivity index (χ1v) is 8.18. The zero-order valence-electron chi connectivity index (χ0n) is 13.9. The Hall–Kier alpha value is -3.09. The molecule has 0 aliphatic carbocycles. The number of benzene rings is 1. The Bertz CT molecular complexity index is 878. The number of nitrogens with one attached hydrogen (secondary N) is 1. The van der Waals surface area contributed by atoms with Crippen molar-refractivity contribution in [2.75, 3.05) is 18.5 Å². The Morgan fingerprint density at radius 1 is 1.12 bits per heavy atom. The zero-order chi connectivity index (χ0) is 17.1. The second kappa shape index (κ2) is 6.80. The molecule has 0 unspecified atom stereocenters. The van der Waals surface area contributed by atoms with E-state index >= 15 is 0 Å². The van der Waals surface area contributed by atoms with Crippen LogP contribution in [0.1, 0.15) is 17.8 Å². The summed E-state index contributed by atoms with van der Waals surface area (Å²) in [5.74, 6) is 3.28. The van der Waals surface area contributed by atoms with Gasteiger partial charge in [-0.15, -0.1) is 0 Å². The summed E-state index contributed by atoms with van der Waals surface area (Å²) in [6.45, 7) is 3.65. The number of aromatic nitrogens is 3. The molecule has 0 saturated carbocycles. The quantitative estimate of drug-likeness (QED) is 0.782. The fourth-order valence-corrected chi connectivity index (χ4v) is 2.70. The van der Waals surface area contributed by atoms with Crippen LogP contribution in [0.2, 0.25) is 0 Å². The van der Waals surface area contributed by atoms with E-state index in [1.165, 1.54) is 0 Å². The van der Waals surface area contributed by atoms with E-state index in [9.17, 15) is 0 Å². The molecule has 1 N–H and O–H groups in total. The lowest BCUT2D eigenvalue weighted by atomic mass is 10.1. The van der Waals surface area contributed by atoms with Crippen molar-refractivity contribution in [2.24, 2.45) is 0 Å².